The molecular weight excluding hydrogens is 679 g/mol. The fourth-order valence-corrected chi connectivity index (χ4v) is 13.3. The molecule has 0 aliphatic heterocycles. The monoisotopic (exact) mass is 741 g/mol. The highest BCUT2D eigenvalue weighted by Crippen LogP contribution is 2.77. The standard InChI is InChI=1S/C45H63N3O6/c1-27(2)35-29(49)25-44(18-15-33(50)48-45(21-22-45)37-46-23-10-24-47-37)20-19-42(8)28(36(35)44)11-12-31-41(7)16-14-32(54-34(51)26-39(3,4)38(52)53)40(5,6)30(41)13-17-43(31,42)9/h10,15,18,23-24,27-28,30-32H,11-14,16-17,19-22,25-26H2,1-9H3,(H,48,50)(H,52,53). The summed E-state index contributed by atoms with van der Waals surface area (Å²) in [6.07, 6.45) is 16.8. The van der Waals surface area contributed by atoms with Crippen molar-refractivity contribution in [3.63, 3.8) is 0 Å². The van der Waals surface area contributed by atoms with Gasteiger partial charge in [-0.15, -0.1) is 0 Å². The average Bonchev–Trinajstić information content (AvgIpc) is 3.80. The van der Waals surface area contributed by atoms with Gasteiger partial charge in [-0.2, -0.15) is 0 Å². The molecule has 1 aromatic heterocycles. The summed E-state index contributed by atoms with van der Waals surface area (Å²) in [7, 11) is 0. The third-order valence-electron chi connectivity index (χ3n) is 16.5. The van der Waals surface area contributed by atoms with Gasteiger partial charge in [-0.25, -0.2) is 9.97 Å². The number of carbonyl (C=O) groups is 4. The van der Waals surface area contributed by atoms with Crippen LogP contribution in [0.25, 0.3) is 0 Å². The summed E-state index contributed by atoms with van der Waals surface area (Å²) in [5, 5.41) is 12.8. The minimum atomic E-state index is -1.17. The topological polar surface area (TPSA) is 136 Å². The molecule has 9 heteroatoms. The van der Waals surface area contributed by atoms with Crippen LogP contribution in [0.2, 0.25) is 0 Å². The SMILES string of the molecule is CC(C)C1=C2C3CCC4C5(C)CCC(OC(=O)CC(C)(C)C(=O)O)C(C)(C)C5CCC4(C)C3(C)CCC2(C=CC(=O)NC2(c3ncccn3)CC2)CC1=O. The van der Waals surface area contributed by atoms with Gasteiger partial charge in [0.25, 0.3) is 0 Å². The van der Waals surface area contributed by atoms with E-state index in [4.69, 9.17) is 4.74 Å². The molecule has 1 aromatic rings. The van der Waals surface area contributed by atoms with E-state index < -0.39 is 28.3 Å². The number of nitrogens with one attached hydrogen (secondary N) is 1. The van der Waals surface area contributed by atoms with Gasteiger partial charge in [-0.3, -0.25) is 19.2 Å². The molecule has 6 aliphatic carbocycles. The fraction of sp³-hybridized carbons (Fsp3) is 0.733. The van der Waals surface area contributed by atoms with Crippen LogP contribution in [-0.4, -0.2) is 44.8 Å². The number of amides is 1. The molecule has 6 aliphatic rings. The van der Waals surface area contributed by atoms with Gasteiger partial charge in [0.15, 0.2) is 11.6 Å². The number of allylic oxidation sites excluding steroid dienone is 3. The van der Waals surface area contributed by atoms with E-state index in [0.29, 0.717) is 24.1 Å². The predicted octanol–water partition coefficient (Wildman–Crippen LogP) is 8.53. The summed E-state index contributed by atoms with van der Waals surface area (Å²) in [6.45, 7) is 19.6. The molecule has 0 radical (unpaired) electrons. The molecule has 8 unspecified atom stereocenters. The van der Waals surface area contributed by atoms with Crippen molar-refractivity contribution in [1.82, 2.24) is 15.3 Å². The van der Waals surface area contributed by atoms with Crippen LogP contribution in [0, 0.1) is 56.2 Å². The predicted molar refractivity (Wildman–Crippen MR) is 206 cm³/mol. The highest BCUT2D eigenvalue weighted by molar-refractivity contribution is 6.01. The minimum Gasteiger partial charge on any atom is -0.481 e. The summed E-state index contributed by atoms with van der Waals surface area (Å²) in [4.78, 5) is 61.3. The smallest absolute Gasteiger partial charge is 0.309 e. The number of Topliss-reactive ketones (excluding diaryl/α,β-unsaturated/α-hetero) is 1. The van der Waals surface area contributed by atoms with E-state index in [-0.39, 0.29) is 57.7 Å². The lowest BCUT2D eigenvalue weighted by Crippen LogP contribution is -2.65. The molecular formula is C45H63N3O6. The second kappa shape index (κ2) is 12.8. The number of carboxylic acids is 1. The zero-order valence-corrected chi connectivity index (χ0v) is 34.1. The zero-order chi connectivity index (χ0) is 39.3. The number of aromatic nitrogens is 2. The lowest BCUT2D eigenvalue weighted by atomic mass is 9.33. The lowest BCUT2D eigenvalue weighted by Gasteiger charge is -2.72. The summed E-state index contributed by atoms with van der Waals surface area (Å²) < 4.78 is 6.17. The number of hydrogen-bond donors (Lipinski definition) is 2. The van der Waals surface area contributed by atoms with Crippen molar-refractivity contribution >= 4 is 23.6 Å². The Balaban J connectivity index is 1.15. The first-order valence-electron chi connectivity index (χ1n) is 20.7. The number of ketones is 1. The highest BCUT2D eigenvalue weighted by Gasteiger charge is 2.70. The third-order valence-corrected chi connectivity index (χ3v) is 16.5. The number of esters is 1. The van der Waals surface area contributed by atoms with Gasteiger partial charge < -0.3 is 15.2 Å². The van der Waals surface area contributed by atoms with E-state index in [1.54, 1.807) is 38.4 Å². The van der Waals surface area contributed by atoms with Gasteiger partial charge in [0.2, 0.25) is 5.91 Å². The van der Waals surface area contributed by atoms with Crippen LogP contribution in [0.5, 0.6) is 0 Å². The molecule has 0 spiro atoms. The maximum atomic E-state index is 14.1. The third kappa shape index (κ3) is 5.83. The molecule has 2 N–H and O–H groups in total. The van der Waals surface area contributed by atoms with Crippen LogP contribution < -0.4 is 5.32 Å². The lowest BCUT2D eigenvalue weighted by molar-refractivity contribution is -0.232. The van der Waals surface area contributed by atoms with Crippen LogP contribution in [0.1, 0.15) is 145 Å². The van der Waals surface area contributed by atoms with E-state index in [2.05, 4.69) is 69.8 Å². The Morgan fingerprint density at radius 2 is 1.61 bits per heavy atom. The van der Waals surface area contributed by atoms with Crippen molar-refractivity contribution in [1.29, 1.82) is 0 Å². The van der Waals surface area contributed by atoms with Crippen LogP contribution in [-0.2, 0) is 29.5 Å². The Morgan fingerprint density at radius 1 is 0.926 bits per heavy atom. The maximum absolute atomic E-state index is 14.1. The Bertz CT molecular complexity index is 1790. The molecule has 8 atom stereocenters. The number of nitrogens with zero attached hydrogens (tertiary/aromatic N) is 2. The normalized spacial score (nSPS) is 37.9. The van der Waals surface area contributed by atoms with Crippen molar-refractivity contribution < 1.29 is 29.0 Å². The number of fused-ring (bicyclic) bond motifs is 7. The summed E-state index contributed by atoms with van der Waals surface area (Å²) in [5.74, 6) is 0.555. The van der Waals surface area contributed by atoms with Crippen LogP contribution >= 0.6 is 0 Å². The molecule has 1 amide bonds. The molecule has 0 saturated heterocycles. The molecule has 9 nitrogen and oxygen atoms in total. The number of carboxylic acid groups (broad SMARTS) is 1. The number of hydrogen-bond acceptors (Lipinski definition) is 7. The first-order chi connectivity index (χ1) is 25.2. The van der Waals surface area contributed by atoms with Crippen LogP contribution in [0.15, 0.2) is 41.8 Å². The van der Waals surface area contributed by atoms with Crippen molar-refractivity contribution in [2.24, 2.45) is 56.2 Å². The van der Waals surface area contributed by atoms with E-state index in [1.807, 2.05) is 0 Å². The van der Waals surface area contributed by atoms with E-state index in [0.717, 1.165) is 69.8 Å². The quantitative estimate of drug-likeness (QED) is 0.190. The average molecular weight is 742 g/mol. The molecule has 0 bridgehead atoms. The molecule has 7 rings (SSSR count). The zero-order valence-electron chi connectivity index (χ0n) is 34.1. The Kier molecular flexibility index (Phi) is 9.25. The Hall–Kier alpha value is -3.36. The number of aliphatic carboxylic acids is 1. The van der Waals surface area contributed by atoms with Gasteiger partial charge in [0.05, 0.1) is 11.8 Å². The number of ether oxygens (including phenoxy) is 1. The van der Waals surface area contributed by atoms with Gasteiger partial charge in [-0.05, 0) is 141 Å². The van der Waals surface area contributed by atoms with Gasteiger partial charge in [-0.1, -0.05) is 54.5 Å². The van der Waals surface area contributed by atoms with Crippen LogP contribution in [0.4, 0.5) is 0 Å². The van der Waals surface area contributed by atoms with Crippen LogP contribution in [0.3, 0.4) is 0 Å². The van der Waals surface area contributed by atoms with Gasteiger partial charge in [0.1, 0.15) is 11.6 Å². The first-order valence-corrected chi connectivity index (χ1v) is 20.7. The van der Waals surface area contributed by atoms with Crippen molar-refractivity contribution in [3.8, 4) is 0 Å². The first kappa shape index (κ1) is 38.9. The minimum absolute atomic E-state index is 0.0117. The molecule has 5 saturated carbocycles. The van der Waals surface area contributed by atoms with Crippen molar-refractivity contribution in [2.45, 2.75) is 151 Å². The second-order valence-electron chi connectivity index (χ2n) is 20.5. The molecule has 294 valence electrons. The highest BCUT2D eigenvalue weighted by atomic mass is 16.5. The van der Waals surface area contributed by atoms with Crippen molar-refractivity contribution in [3.05, 3.63) is 47.6 Å². The molecule has 1 heterocycles. The van der Waals surface area contributed by atoms with Gasteiger partial charge in [0, 0.05) is 29.6 Å². The maximum Gasteiger partial charge on any atom is 0.309 e. The fourth-order valence-electron chi connectivity index (χ4n) is 13.3. The van der Waals surface area contributed by atoms with Gasteiger partial charge >= 0.3 is 11.9 Å². The summed E-state index contributed by atoms with van der Waals surface area (Å²) in [5.41, 5.74) is 0.0488. The van der Waals surface area contributed by atoms with E-state index in [9.17, 15) is 24.3 Å². The molecule has 0 aromatic carbocycles. The molecule has 54 heavy (non-hydrogen) atoms. The number of carbonyl (C=O) groups excluding carboxylic acids is 3. The van der Waals surface area contributed by atoms with Crippen molar-refractivity contribution in [2.75, 3.05) is 0 Å². The Morgan fingerprint density at radius 3 is 2.24 bits per heavy atom. The summed E-state index contributed by atoms with van der Waals surface area (Å²) in [6, 6.07) is 1.79. The van der Waals surface area contributed by atoms with E-state index in [1.165, 1.54) is 5.57 Å². The van der Waals surface area contributed by atoms with E-state index >= 15 is 0 Å². The second-order valence-corrected chi connectivity index (χ2v) is 20.5. The Labute approximate surface area is 322 Å². The largest absolute Gasteiger partial charge is 0.481 e. The summed E-state index contributed by atoms with van der Waals surface area (Å²) >= 11 is 0. The number of rotatable bonds is 9. The molecule has 5 fully saturated rings.